The summed E-state index contributed by atoms with van der Waals surface area (Å²) in [5, 5.41) is 0.744. The Bertz CT molecular complexity index is 947. The molecule has 3 aromatic carbocycles. The molecule has 1 aliphatic rings. The van der Waals surface area contributed by atoms with E-state index in [1.807, 2.05) is 90.0 Å². The van der Waals surface area contributed by atoms with Gasteiger partial charge in [0.15, 0.2) is 10.7 Å². The van der Waals surface area contributed by atoms with Gasteiger partial charge < -0.3 is 0 Å². The number of rotatable bonds is 4. The molecule has 0 spiro atoms. The van der Waals surface area contributed by atoms with Crippen LogP contribution in [-0.2, 0) is 10.3 Å². The molecule has 4 rings (SSSR count). The average molecular weight is 387 g/mol. The Morgan fingerprint density at radius 3 is 1.75 bits per heavy atom. The molecular formula is C24H22N2OS. The van der Waals surface area contributed by atoms with E-state index >= 15 is 0 Å². The monoisotopic (exact) mass is 386 g/mol. The topological polar surface area (TPSA) is 32.7 Å². The fraction of sp³-hybridized carbons (Fsp3) is 0.167. The molecule has 3 nitrogen and oxygen atoms in total. The molecule has 1 atom stereocenters. The summed E-state index contributed by atoms with van der Waals surface area (Å²) in [4.78, 5) is 20.9. The summed E-state index contributed by atoms with van der Waals surface area (Å²) in [6.45, 7) is 2.06. The van der Waals surface area contributed by atoms with Crippen LogP contribution in [-0.4, -0.2) is 22.2 Å². The number of carbonyl (C=O) groups excluding carboxylic acids is 1. The van der Waals surface area contributed by atoms with E-state index in [2.05, 4.69) is 19.1 Å². The summed E-state index contributed by atoms with van der Waals surface area (Å²) in [5.41, 5.74) is 1.82. The van der Waals surface area contributed by atoms with Gasteiger partial charge in [0.1, 0.15) is 0 Å². The van der Waals surface area contributed by atoms with Gasteiger partial charge in [0.2, 0.25) is 0 Å². The Labute approximate surface area is 170 Å². The number of benzene rings is 3. The fourth-order valence-corrected chi connectivity index (χ4v) is 4.44. The van der Waals surface area contributed by atoms with Crippen molar-refractivity contribution in [2.24, 2.45) is 4.99 Å². The van der Waals surface area contributed by atoms with Gasteiger partial charge in [0, 0.05) is 0 Å². The second-order valence-electron chi connectivity index (χ2n) is 6.80. The molecule has 28 heavy (non-hydrogen) atoms. The molecular weight excluding hydrogens is 364 g/mol. The van der Waals surface area contributed by atoms with E-state index in [-0.39, 0.29) is 11.9 Å². The quantitative estimate of drug-likeness (QED) is 0.613. The lowest BCUT2D eigenvalue weighted by Gasteiger charge is -2.30. The summed E-state index contributed by atoms with van der Waals surface area (Å²) in [6, 6.07) is 29.7. The van der Waals surface area contributed by atoms with Crippen LogP contribution in [0.4, 0.5) is 0 Å². The van der Waals surface area contributed by atoms with Crippen molar-refractivity contribution in [3.8, 4) is 0 Å². The van der Waals surface area contributed by atoms with Crippen LogP contribution in [0.1, 0.15) is 29.7 Å². The standard InChI is InChI=1S/C24H22N2OS/c1-18(19-12-6-3-7-13-19)26-22(27)24(25-23(26)28-2,20-14-8-4-9-15-20)21-16-10-5-11-17-21/h3-18H,1-2H3. The van der Waals surface area contributed by atoms with Crippen LogP contribution < -0.4 is 0 Å². The molecule has 4 heteroatoms. The fourth-order valence-electron chi connectivity index (χ4n) is 3.77. The number of hydrogen-bond donors (Lipinski definition) is 0. The third-order valence-electron chi connectivity index (χ3n) is 5.23. The first-order valence-electron chi connectivity index (χ1n) is 9.32. The smallest absolute Gasteiger partial charge is 0.266 e. The van der Waals surface area contributed by atoms with Crippen LogP contribution in [0, 0.1) is 0 Å². The van der Waals surface area contributed by atoms with Gasteiger partial charge in [-0.1, -0.05) is 103 Å². The van der Waals surface area contributed by atoms with Crippen LogP contribution in [0.25, 0.3) is 0 Å². The third kappa shape index (κ3) is 2.94. The molecule has 0 fully saturated rings. The average Bonchev–Trinajstić information content (AvgIpc) is 3.08. The number of nitrogens with zero attached hydrogens (tertiary/aromatic N) is 2. The van der Waals surface area contributed by atoms with Crippen molar-refractivity contribution in [2.75, 3.05) is 6.26 Å². The van der Waals surface area contributed by atoms with E-state index in [0.717, 1.165) is 21.9 Å². The number of amides is 1. The van der Waals surface area contributed by atoms with Crippen LogP contribution >= 0.6 is 11.8 Å². The Kier molecular flexibility index (Phi) is 5.05. The Morgan fingerprint density at radius 2 is 1.29 bits per heavy atom. The van der Waals surface area contributed by atoms with E-state index in [1.165, 1.54) is 11.8 Å². The van der Waals surface area contributed by atoms with Crippen molar-refractivity contribution in [1.29, 1.82) is 0 Å². The van der Waals surface area contributed by atoms with Crippen molar-refractivity contribution in [3.05, 3.63) is 108 Å². The maximum Gasteiger partial charge on any atom is 0.266 e. The first-order chi connectivity index (χ1) is 13.7. The normalized spacial score (nSPS) is 16.7. The second-order valence-corrected chi connectivity index (χ2v) is 7.58. The van der Waals surface area contributed by atoms with Gasteiger partial charge in [-0.05, 0) is 29.9 Å². The Morgan fingerprint density at radius 1 is 0.821 bits per heavy atom. The van der Waals surface area contributed by atoms with Gasteiger partial charge in [-0.2, -0.15) is 0 Å². The van der Waals surface area contributed by atoms with Crippen molar-refractivity contribution < 1.29 is 4.79 Å². The van der Waals surface area contributed by atoms with E-state index in [4.69, 9.17) is 4.99 Å². The molecule has 140 valence electrons. The van der Waals surface area contributed by atoms with Crippen molar-refractivity contribution in [3.63, 3.8) is 0 Å². The van der Waals surface area contributed by atoms with Gasteiger partial charge in [-0.3, -0.25) is 9.69 Å². The van der Waals surface area contributed by atoms with Crippen LogP contribution in [0.5, 0.6) is 0 Å². The van der Waals surface area contributed by atoms with Crippen molar-refractivity contribution in [1.82, 2.24) is 4.90 Å². The van der Waals surface area contributed by atoms with Gasteiger partial charge in [0.05, 0.1) is 6.04 Å². The minimum absolute atomic E-state index is 0.00870. The molecule has 3 aromatic rings. The highest BCUT2D eigenvalue weighted by Crippen LogP contribution is 2.44. The number of thioether (sulfide) groups is 1. The Hall–Kier alpha value is -2.85. The molecule has 1 amide bonds. The predicted molar refractivity (Wildman–Crippen MR) is 116 cm³/mol. The van der Waals surface area contributed by atoms with Gasteiger partial charge >= 0.3 is 0 Å². The zero-order valence-corrected chi connectivity index (χ0v) is 16.8. The molecule has 0 aliphatic carbocycles. The minimum atomic E-state index is -1.05. The lowest BCUT2D eigenvalue weighted by molar-refractivity contribution is -0.131. The van der Waals surface area contributed by atoms with Crippen molar-refractivity contribution >= 4 is 22.8 Å². The number of aliphatic imine (C=N–C) groups is 1. The number of hydrogen-bond acceptors (Lipinski definition) is 3. The van der Waals surface area contributed by atoms with Crippen LogP contribution in [0.3, 0.4) is 0 Å². The van der Waals surface area contributed by atoms with E-state index < -0.39 is 5.54 Å². The number of amidine groups is 1. The van der Waals surface area contributed by atoms with E-state index in [9.17, 15) is 4.79 Å². The molecule has 0 radical (unpaired) electrons. The van der Waals surface area contributed by atoms with E-state index in [1.54, 1.807) is 0 Å². The van der Waals surface area contributed by atoms with E-state index in [0.29, 0.717) is 0 Å². The lowest BCUT2D eigenvalue weighted by atomic mass is 9.82. The highest BCUT2D eigenvalue weighted by atomic mass is 32.2. The summed E-state index contributed by atoms with van der Waals surface area (Å²) < 4.78 is 0. The SMILES string of the molecule is CSC1=NC(c2ccccc2)(c2ccccc2)C(=O)N1C(C)c1ccccc1. The maximum absolute atomic E-state index is 14.0. The molecule has 1 unspecified atom stereocenters. The first-order valence-corrected chi connectivity index (χ1v) is 10.5. The van der Waals surface area contributed by atoms with Crippen LogP contribution in [0.15, 0.2) is 96.0 Å². The molecule has 0 N–H and O–H groups in total. The lowest BCUT2D eigenvalue weighted by Crippen LogP contribution is -2.42. The first kappa shape index (κ1) is 18.5. The Balaban J connectivity index is 1.89. The zero-order chi connectivity index (χ0) is 19.6. The molecule has 0 saturated carbocycles. The predicted octanol–water partition coefficient (Wildman–Crippen LogP) is 5.25. The highest BCUT2D eigenvalue weighted by Gasteiger charge is 2.52. The van der Waals surface area contributed by atoms with Crippen LogP contribution in [0.2, 0.25) is 0 Å². The molecule has 0 saturated heterocycles. The summed E-state index contributed by atoms with van der Waals surface area (Å²) >= 11 is 1.51. The second kappa shape index (κ2) is 7.64. The molecule has 0 bridgehead atoms. The van der Waals surface area contributed by atoms with Gasteiger partial charge in [-0.15, -0.1) is 0 Å². The molecule has 0 aromatic heterocycles. The maximum atomic E-state index is 14.0. The van der Waals surface area contributed by atoms with Gasteiger partial charge in [0.25, 0.3) is 5.91 Å². The summed E-state index contributed by atoms with van der Waals surface area (Å²) in [5.74, 6) is -0.00870. The largest absolute Gasteiger partial charge is 0.281 e. The molecule has 1 aliphatic heterocycles. The summed E-state index contributed by atoms with van der Waals surface area (Å²) in [6.07, 6.45) is 1.98. The third-order valence-corrected chi connectivity index (χ3v) is 5.89. The zero-order valence-electron chi connectivity index (χ0n) is 15.9. The van der Waals surface area contributed by atoms with Gasteiger partial charge in [-0.25, -0.2) is 4.99 Å². The minimum Gasteiger partial charge on any atom is -0.281 e. The molecule has 1 heterocycles. The highest BCUT2D eigenvalue weighted by molar-refractivity contribution is 8.13. The summed E-state index contributed by atoms with van der Waals surface area (Å²) in [7, 11) is 0. The number of carbonyl (C=O) groups is 1. The van der Waals surface area contributed by atoms with Crippen molar-refractivity contribution in [2.45, 2.75) is 18.5 Å².